The minimum Gasteiger partial charge on any atom is -0.456 e. The lowest BCUT2D eigenvalue weighted by Crippen LogP contribution is -2.26. The molecule has 0 fully saturated rings. The summed E-state index contributed by atoms with van der Waals surface area (Å²) in [6.45, 7) is 2.66. The normalized spacial score (nSPS) is 10.6. The van der Waals surface area contributed by atoms with Crippen molar-refractivity contribution in [3.8, 4) is 6.07 Å². The van der Waals surface area contributed by atoms with Crippen molar-refractivity contribution in [3.63, 3.8) is 0 Å². The monoisotopic (exact) mass is 389 g/mol. The summed E-state index contributed by atoms with van der Waals surface area (Å²) >= 11 is 0. The fourth-order valence-electron chi connectivity index (χ4n) is 3.12. The highest BCUT2D eigenvalue weighted by Gasteiger charge is 2.18. The van der Waals surface area contributed by atoms with Crippen LogP contribution in [0.15, 0.2) is 53.3 Å². The molecule has 6 heteroatoms. The fourth-order valence-corrected chi connectivity index (χ4v) is 3.12. The number of carbonyl (C=O) groups is 1. The van der Waals surface area contributed by atoms with E-state index in [2.05, 4.69) is 18.1 Å². The third kappa shape index (κ3) is 4.88. The number of fused-ring (bicyclic) bond motifs is 1. The summed E-state index contributed by atoms with van der Waals surface area (Å²) in [7, 11) is 0. The van der Waals surface area contributed by atoms with Crippen LogP contribution in [0.2, 0.25) is 0 Å². The summed E-state index contributed by atoms with van der Waals surface area (Å²) in [5.41, 5.74) is 1.27. The number of benzene rings is 2. The number of carbonyl (C=O) groups excluding carboxylic acids is 1. The van der Waals surface area contributed by atoms with Gasteiger partial charge in [0.1, 0.15) is 6.61 Å². The van der Waals surface area contributed by atoms with Crippen molar-refractivity contribution in [1.29, 1.82) is 5.26 Å². The summed E-state index contributed by atoms with van der Waals surface area (Å²) < 4.78 is 6.81. The second-order valence-corrected chi connectivity index (χ2v) is 6.87. The van der Waals surface area contributed by atoms with Gasteiger partial charge in [0.15, 0.2) is 5.69 Å². The molecule has 6 nitrogen and oxygen atoms in total. The summed E-state index contributed by atoms with van der Waals surface area (Å²) in [6, 6.07) is 15.8. The Morgan fingerprint density at radius 1 is 1.07 bits per heavy atom. The molecular weight excluding hydrogens is 366 g/mol. The van der Waals surface area contributed by atoms with Crippen molar-refractivity contribution in [2.75, 3.05) is 0 Å². The minimum absolute atomic E-state index is 0.0657. The second kappa shape index (κ2) is 9.65. The molecule has 3 aromatic rings. The van der Waals surface area contributed by atoms with Crippen LogP contribution in [0.25, 0.3) is 10.8 Å². The molecule has 148 valence electrons. The molecule has 29 heavy (non-hydrogen) atoms. The number of aromatic nitrogens is 2. The highest BCUT2D eigenvalue weighted by atomic mass is 16.5. The predicted molar refractivity (Wildman–Crippen MR) is 110 cm³/mol. The molecule has 2 aromatic carbocycles. The fraction of sp³-hybridized carbons (Fsp3) is 0.304. The maximum atomic E-state index is 12.7. The average molecular weight is 389 g/mol. The van der Waals surface area contributed by atoms with E-state index in [1.54, 1.807) is 48.5 Å². The van der Waals surface area contributed by atoms with Crippen LogP contribution in [0.5, 0.6) is 0 Å². The first-order chi connectivity index (χ1) is 14.1. The Hall–Kier alpha value is -3.46. The van der Waals surface area contributed by atoms with E-state index in [9.17, 15) is 9.59 Å². The molecule has 0 amide bonds. The maximum absolute atomic E-state index is 12.7. The lowest BCUT2D eigenvalue weighted by atomic mass is 10.1. The number of unbranched alkanes of at least 4 members (excludes halogenated alkanes) is 3. The number of ether oxygens (including phenoxy) is 1. The molecule has 1 heterocycles. The van der Waals surface area contributed by atoms with Gasteiger partial charge in [-0.2, -0.15) is 10.4 Å². The van der Waals surface area contributed by atoms with Crippen molar-refractivity contribution < 1.29 is 9.53 Å². The van der Waals surface area contributed by atoms with Crippen LogP contribution in [0.4, 0.5) is 0 Å². The lowest BCUT2D eigenvalue weighted by Gasteiger charge is -2.11. The van der Waals surface area contributed by atoms with Gasteiger partial charge in [0, 0.05) is 11.9 Å². The maximum Gasteiger partial charge on any atom is 0.359 e. The van der Waals surface area contributed by atoms with Crippen LogP contribution in [0.3, 0.4) is 0 Å². The van der Waals surface area contributed by atoms with E-state index in [-0.39, 0.29) is 17.9 Å². The number of rotatable bonds is 8. The summed E-state index contributed by atoms with van der Waals surface area (Å²) in [6.07, 6.45) is 4.05. The predicted octanol–water partition coefficient (Wildman–Crippen LogP) is 4.21. The number of esters is 1. The second-order valence-electron chi connectivity index (χ2n) is 6.87. The first-order valence-corrected chi connectivity index (χ1v) is 9.80. The van der Waals surface area contributed by atoms with Crippen molar-refractivity contribution in [2.45, 2.75) is 45.8 Å². The number of nitriles is 1. The zero-order valence-corrected chi connectivity index (χ0v) is 16.4. The molecule has 1 aromatic heterocycles. The number of hydrogen-bond acceptors (Lipinski definition) is 5. The molecule has 0 bridgehead atoms. The zero-order chi connectivity index (χ0) is 20.6. The van der Waals surface area contributed by atoms with Crippen LogP contribution in [0.1, 0.15) is 54.2 Å². The smallest absolute Gasteiger partial charge is 0.359 e. The van der Waals surface area contributed by atoms with Crippen LogP contribution in [0, 0.1) is 11.3 Å². The van der Waals surface area contributed by atoms with E-state index in [0.29, 0.717) is 22.9 Å². The van der Waals surface area contributed by atoms with Gasteiger partial charge < -0.3 is 4.74 Å². The molecule has 0 saturated heterocycles. The Kier molecular flexibility index (Phi) is 6.75. The van der Waals surface area contributed by atoms with Gasteiger partial charge in [-0.1, -0.05) is 56.5 Å². The van der Waals surface area contributed by atoms with Crippen LogP contribution >= 0.6 is 0 Å². The average Bonchev–Trinajstić information content (AvgIpc) is 2.77. The van der Waals surface area contributed by atoms with Gasteiger partial charge in [0.25, 0.3) is 5.56 Å². The van der Waals surface area contributed by atoms with Crippen molar-refractivity contribution >= 4 is 16.7 Å². The van der Waals surface area contributed by atoms with Crippen molar-refractivity contribution in [1.82, 2.24) is 9.78 Å². The van der Waals surface area contributed by atoms with Gasteiger partial charge in [-0.15, -0.1) is 0 Å². The Bertz CT molecular complexity index is 1100. The third-order valence-electron chi connectivity index (χ3n) is 4.74. The van der Waals surface area contributed by atoms with Gasteiger partial charge in [-0.3, -0.25) is 4.79 Å². The molecule has 0 aliphatic rings. The van der Waals surface area contributed by atoms with E-state index in [1.165, 1.54) is 4.68 Å². The van der Waals surface area contributed by atoms with Gasteiger partial charge in [0.2, 0.25) is 0 Å². The molecule has 3 rings (SSSR count). The quantitative estimate of drug-likeness (QED) is 0.426. The number of nitrogens with zero attached hydrogens (tertiary/aromatic N) is 3. The summed E-state index contributed by atoms with van der Waals surface area (Å²) in [4.78, 5) is 25.5. The highest BCUT2D eigenvalue weighted by Crippen LogP contribution is 2.16. The minimum atomic E-state index is -0.576. The van der Waals surface area contributed by atoms with E-state index >= 15 is 0 Å². The molecule has 0 unspecified atom stereocenters. The van der Waals surface area contributed by atoms with E-state index in [4.69, 9.17) is 10.00 Å². The molecular formula is C23H23N3O3. The van der Waals surface area contributed by atoms with E-state index in [0.717, 1.165) is 31.2 Å². The lowest BCUT2D eigenvalue weighted by molar-refractivity contribution is 0.0465. The third-order valence-corrected chi connectivity index (χ3v) is 4.74. The standard InChI is InChI=1S/C23H23N3O3/c1-2-3-4-7-14-26-22(27)20-9-6-5-8-19(20)21(25-26)23(28)29-16-18-12-10-17(15-24)11-13-18/h5-6,8-13H,2-4,7,14,16H2,1H3. The van der Waals surface area contributed by atoms with E-state index in [1.807, 2.05) is 0 Å². The first kappa shape index (κ1) is 20.3. The molecule has 0 radical (unpaired) electrons. The van der Waals surface area contributed by atoms with Gasteiger partial charge in [0.05, 0.1) is 17.0 Å². The molecule has 0 saturated carbocycles. The van der Waals surface area contributed by atoms with Crippen LogP contribution in [-0.4, -0.2) is 15.7 Å². The number of aryl methyl sites for hydroxylation is 1. The highest BCUT2D eigenvalue weighted by molar-refractivity contribution is 6.02. The SMILES string of the molecule is CCCCCCn1nc(C(=O)OCc2ccc(C#N)cc2)c2ccccc2c1=O. The molecule has 0 N–H and O–H groups in total. The molecule has 0 aliphatic carbocycles. The molecule has 0 atom stereocenters. The van der Waals surface area contributed by atoms with Crippen molar-refractivity contribution in [2.24, 2.45) is 0 Å². The largest absolute Gasteiger partial charge is 0.456 e. The zero-order valence-electron chi connectivity index (χ0n) is 16.4. The van der Waals surface area contributed by atoms with Crippen LogP contribution in [-0.2, 0) is 17.9 Å². The number of hydrogen-bond donors (Lipinski definition) is 0. The molecule has 0 aliphatic heterocycles. The molecule has 0 spiro atoms. The summed E-state index contributed by atoms with van der Waals surface area (Å²) in [5.74, 6) is -0.576. The van der Waals surface area contributed by atoms with Gasteiger partial charge >= 0.3 is 5.97 Å². The Balaban J connectivity index is 1.84. The van der Waals surface area contributed by atoms with Gasteiger partial charge in [-0.05, 0) is 30.2 Å². The van der Waals surface area contributed by atoms with E-state index < -0.39 is 5.97 Å². The van der Waals surface area contributed by atoms with Crippen molar-refractivity contribution in [3.05, 3.63) is 75.7 Å². The first-order valence-electron chi connectivity index (χ1n) is 9.80. The van der Waals surface area contributed by atoms with Crippen LogP contribution < -0.4 is 5.56 Å². The van der Waals surface area contributed by atoms with Gasteiger partial charge in [-0.25, -0.2) is 9.48 Å². The summed E-state index contributed by atoms with van der Waals surface area (Å²) in [5, 5.41) is 14.1. The Morgan fingerprint density at radius 2 is 1.79 bits per heavy atom. The topological polar surface area (TPSA) is 85.0 Å². The Morgan fingerprint density at radius 3 is 2.48 bits per heavy atom. The Labute approximate surface area is 169 Å².